The summed E-state index contributed by atoms with van der Waals surface area (Å²) in [7, 11) is 0. The van der Waals surface area contributed by atoms with Crippen molar-refractivity contribution < 1.29 is 31.1 Å². The summed E-state index contributed by atoms with van der Waals surface area (Å²) in [5.74, 6) is -0.294. The van der Waals surface area contributed by atoms with Gasteiger partial charge in [0.1, 0.15) is 5.78 Å². The van der Waals surface area contributed by atoms with Gasteiger partial charge in [-0.1, -0.05) is 50.2 Å². The minimum Gasteiger partial charge on any atom is -0.299 e. The molecule has 1 unspecified atom stereocenters. The van der Waals surface area contributed by atoms with Crippen LogP contribution in [-0.4, -0.2) is 5.78 Å². The van der Waals surface area contributed by atoms with Crippen LogP contribution in [0.1, 0.15) is 49.8 Å². The van der Waals surface area contributed by atoms with Crippen LogP contribution >= 0.6 is 0 Å². The third kappa shape index (κ3) is 6.07. The van der Waals surface area contributed by atoms with Gasteiger partial charge in [0.15, 0.2) is 0 Å². The lowest BCUT2D eigenvalue weighted by molar-refractivity contribution is -0.138. The Labute approximate surface area is 194 Å². The number of alkyl halides is 6. The lowest BCUT2D eigenvalue weighted by Crippen LogP contribution is -2.12. The Morgan fingerprint density at radius 1 is 0.676 bits per heavy atom. The standard InChI is InChI=1S/C27H24F6O/c1-16(2)12-25(17(3)34)22-14-20(18-4-8-23(9-5-18)26(28,29)30)13-21(15-22)19-6-10-24(11-7-19)27(31,32)33/h4-11,13-16,25H,12H2,1-3H3. The maximum atomic E-state index is 13.0. The van der Waals surface area contributed by atoms with Gasteiger partial charge < -0.3 is 0 Å². The van der Waals surface area contributed by atoms with Crippen LogP contribution in [0.3, 0.4) is 0 Å². The Kier molecular flexibility index (Phi) is 7.24. The van der Waals surface area contributed by atoms with Gasteiger partial charge in [0.25, 0.3) is 0 Å². The van der Waals surface area contributed by atoms with E-state index in [-0.39, 0.29) is 11.7 Å². The van der Waals surface area contributed by atoms with E-state index in [0.29, 0.717) is 34.2 Å². The first-order valence-electron chi connectivity index (χ1n) is 10.8. The fourth-order valence-corrected chi connectivity index (χ4v) is 3.90. The zero-order valence-electron chi connectivity index (χ0n) is 18.9. The fraction of sp³-hybridized carbons (Fsp3) is 0.296. The molecule has 0 heterocycles. The number of carbonyl (C=O) groups is 1. The van der Waals surface area contributed by atoms with Crippen LogP contribution in [0.5, 0.6) is 0 Å². The molecule has 0 aliphatic carbocycles. The van der Waals surface area contributed by atoms with E-state index in [0.717, 1.165) is 24.3 Å². The van der Waals surface area contributed by atoms with E-state index in [4.69, 9.17) is 0 Å². The number of hydrogen-bond donors (Lipinski definition) is 0. The molecule has 0 aliphatic heterocycles. The van der Waals surface area contributed by atoms with Gasteiger partial charge in [0, 0.05) is 5.92 Å². The maximum absolute atomic E-state index is 13.0. The summed E-state index contributed by atoms with van der Waals surface area (Å²) in [5, 5.41) is 0. The summed E-state index contributed by atoms with van der Waals surface area (Å²) >= 11 is 0. The number of halogens is 6. The second kappa shape index (κ2) is 9.65. The Hall–Kier alpha value is -3.09. The van der Waals surface area contributed by atoms with Crippen molar-refractivity contribution in [2.75, 3.05) is 0 Å². The number of Topliss-reactive ketones (excluding diaryl/α,β-unsaturated/α-hetero) is 1. The van der Waals surface area contributed by atoms with Gasteiger partial charge in [-0.3, -0.25) is 4.79 Å². The quantitative estimate of drug-likeness (QED) is 0.324. The molecule has 0 N–H and O–H groups in total. The number of hydrogen-bond acceptors (Lipinski definition) is 1. The van der Waals surface area contributed by atoms with Crippen LogP contribution in [0.2, 0.25) is 0 Å². The average Bonchev–Trinajstić information content (AvgIpc) is 2.76. The van der Waals surface area contributed by atoms with Crippen molar-refractivity contribution in [3.8, 4) is 22.3 Å². The van der Waals surface area contributed by atoms with Crippen LogP contribution in [0.25, 0.3) is 22.3 Å². The molecule has 0 saturated carbocycles. The van der Waals surface area contributed by atoms with Crippen molar-refractivity contribution in [2.24, 2.45) is 5.92 Å². The number of ketones is 1. The summed E-state index contributed by atoms with van der Waals surface area (Å²) < 4.78 is 77.9. The second-order valence-corrected chi connectivity index (χ2v) is 8.79. The molecule has 180 valence electrons. The Bertz CT molecular complexity index is 1060. The van der Waals surface area contributed by atoms with Gasteiger partial charge in [-0.05, 0) is 77.4 Å². The number of carbonyl (C=O) groups excluding carboxylic acids is 1. The molecule has 0 amide bonds. The fourth-order valence-electron chi connectivity index (χ4n) is 3.90. The first-order valence-corrected chi connectivity index (χ1v) is 10.8. The van der Waals surface area contributed by atoms with E-state index < -0.39 is 29.4 Å². The van der Waals surface area contributed by atoms with Crippen LogP contribution in [0.4, 0.5) is 26.3 Å². The smallest absolute Gasteiger partial charge is 0.299 e. The molecule has 1 nitrogen and oxygen atoms in total. The molecule has 3 rings (SSSR count). The molecule has 0 saturated heterocycles. The highest BCUT2D eigenvalue weighted by Crippen LogP contribution is 2.37. The molecule has 3 aromatic carbocycles. The van der Waals surface area contributed by atoms with E-state index in [1.54, 1.807) is 18.2 Å². The number of rotatable bonds is 6. The average molecular weight is 478 g/mol. The maximum Gasteiger partial charge on any atom is 0.416 e. The Balaban J connectivity index is 2.14. The topological polar surface area (TPSA) is 17.1 Å². The largest absolute Gasteiger partial charge is 0.416 e. The predicted molar refractivity (Wildman–Crippen MR) is 120 cm³/mol. The third-order valence-electron chi connectivity index (χ3n) is 5.65. The molecule has 0 aliphatic rings. The molecule has 0 spiro atoms. The van der Waals surface area contributed by atoms with Gasteiger partial charge >= 0.3 is 12.4 Å². The molecular formula is C27H24F6O. The van der Waals surface area contributed by atoms with Crippen LogP contribution in [0.15, 0.2) is 66.7 Å². The van der Waals surface area contributed by atoms with E-state index in [1.807, 2.05) is 13.8 Å². The number of benzene rings is 3. The summed E-state index contributed by atoms with van der Waals surface area (Å²) in [6, 6.07) is 14.6. The van der Waals surface area contributed by atoms with Crippen LogP contribution < -0.4 is 0 Å². The molecule has 34 heavy (non-hydrogen) atoms. The molecule has 0 fully saturated rings. The van der Waals surface area contributed by atoms with Gasteiger partial charge in [0.2, 0.25) is 0 Å². The summed E-state index contributed by atoms with van der Waals surface area (Å²) in [6.45, 7) is 5.44. The summed E-state index contributed by atoms with van der Waals surface area (Å²) in [4.78, 5) is 12.4. The van der Waals surface area contributed by atoms with E-state index in [1.165, 1.54) is 31.2 Å². The highest BCUT2D eigenvalue weighted by Gasteiger charge is 2.31. The van der Waals surface area contributed by atoms with Crippen molar-refractivity contribution in [3.63, 3.8) is 0 Å². The van der Waals surface area contributed by atoms with E-state index in [2.05, 4.69) is 0 Å². The van der Waals surface area contributed by atoms with E-state index in [9.17, 15) is 31.1 Å². The minimum absolute atomic E-state index is 0.0587. The zero-order valence-corrected chi connectivity index (χ0v) is 18.9. The SMILES string of the molecule is CC(=O)C(CC(C)C)c1cc(-c2ccc(C(F)(F)F)cc2)cc(-c2ccc(C(F)(F)F)cc2)c1. The van der Waals surface area contributed by atoms with Gasteiger partial charge in [-0.25, -0.2) is 0 Å². The van der Waals surface area contributed by atoms with Crippen molar-refractivity contribution in [3.05, 3.63) is 83.4 Å². The highest BCUT2D eigenvalue weighted by atomic mass is 19.4. The molecule has 1 atom stereocenters. The molecule has 3 aromatic rings. The van der Waals surface area contributed by atoms with E-state index >= 15 is 0 Å². The molecule has 0 bridgehead atoms. The van der Waals surface area contributed by atoms with Gasteiger partial charge in [-0.2, -0.15) is 26.3 Å². The van der Waals surface area contributed by atoms with Crippen LogP contribution in [0, 0.1) is 5.92 Å². The van der Waals surface area contributed by atoms with Crippen LogP contribution in [-0.2, 0) is 17.1 Å². The van der Waals surface area contributed by atoms with Gasteiger partial charge in [-0.15, -0.1) is 0 Å². The lowest BCUT2D eigenvalue weighted by Gasteiger charge is -2.19. The van der Waals surface area contributed by atoms with Crippen molar-refractivity contribution in [1.82, 2.24) is 0 Å². The summed E-state index contributed by atoms with van der Waals surface area (Å²) in [6.07, 6.45) is -8.37. The van der Waals surface area contributed by atoms with Crippen molar-refractivity contribution in [2.45, 2.75) is 45.5 Å². The molecule has 7 heteroatoms. The predicted octanol–water partition coefficient (Wildman–Crippen LogP) is 8.78. The molecule has 0 aromatic heterocycles. The van der Waals surface area contributed by atoms with Crippen molar-refractivity contribution >= 4 is 5.78 Å². The monoisotopic (exact) mass is 478 g/mol. The second-order valence-electron chi connectivity index (χ2n) is 8.79. The molecule has 0 radical (unpaired) electrons. The Morgan fingerprint density at radius 3 is 1.35 bits per heavy atom. The summed E-state index contributed by atoms with van der Waals surface area (Å²) in [5.41, 5.74) is 1.29. The normalized spacial score (nSPS) is 13.2. The highest BCUT2D eigenvalue weighted by molar-refractivity contribution is 5.85. The minimum atomic E-state index is -4.47. The molecular weight excluding hydrogens is 454 g/mol. The lowest BCUT2D eigenvalue weighted by atomic mass is 9.84. The Morgan fingerprint density at radius 2 is 1.06 bits per heavy atom. The third-order valence-corrected chi connectivity index (χ3v) is 5.65. The zero-order chi connectivity index (χ0) is 25.3. The van der Waals surface area contributed by atoms with Gasteiger partial charge in [0.05, 0.1) is 11.1 Å². The first-order chi connectivity index (χ1) is 15.8. The van der Waals surface area contributed by atoms with Crippen molar-refractivity contribution in [1.29, 1.82) is 0 Å². The first kappa shape index (κ1) is 25.5.